The van der Waals surface area contributed by atoms with E-state index in [4.69, 9.17) is 16.6 Å². The highest BCUT2D eigenvalue weighted by molar-refractivity contribution is 5.75. The van der Waals surface area contributed by atoms with Crippen molar-refractivity contribution in [1.29, 1.82) is 0 Å². The first-order valence-electron chi connectivity index (χ1n) is 6.06. The first-order chi connectivity index (χ1) is 8.97. The van der Waals surface area contributed by atoms with Gasteiger partial charge in [0.05, 0.1) is 6.61 Å². The number of carbonyl (C=O) groups is 2. The molecule has 0 spiro atoms. The average molecular weight is 274 g/mol. The molecule has 8 nitrogen and oxygen atoms in total. The number of carboxylic acids is 1. The summed E-state index contributed by atoms with van der Waals surface area (Å²) >= 11 is 0. The first-order valence-corrected chi connectivity index (χ1v) is 6.06. The molecule has 0 rings (SSSR count). The number of guanidine groups is 1. The highest BCUT2D eigenvalue weighted by Crippen LogP contribution is 2.02. The van der Waals surface area contributed by atoms with Crippen molar-refractivity contribution < 1.29 is 19.4 Å². The molecule has 2 atom stereocenters. The summed E-state index contributed by atoms with van der Waals surface area (Å²) in [6, 6.07) is -0.732. The summed E-state index contributed by atoms with van der Waals surface area (Å²) in [6.07, 6.45) is 1.54. The molecule has 0 aliphatic carbocycles. The van der Waals surface area contributed by atoms with Crippen LogP contribution in [0.25, 0.3) is 0 Å². The molecule has 0 amide bonds. The Bertz CT molecular complexity index is 305. The van der Waals surface area contributed by atoms with Crippen LogP contribution in [0.2, 0.25) is 0 Å². The third kappa shape index (κ3) is 9.83. The van der Waals surface area contributed by atoms with E-state index in [-0.39, 0.29) is 18.6 Å². The van der Waals surface area contributed by atoms with Crippen LogP contribution in [0.4, 0.5) is 0 Å². The molecule has 0 fully saturated rings. The van der Waals surface area contributed by atoms with Gasteiger partial charge in [0.2, 0.25) is 0 Å². The van der Waals surface area contributed by atoms with Gasteiger partial charge in [-0.05, 0) is 26.2 Å². The van der Waals surface area contributed by atoms with Crippen LogP contribution in [-0.2, 0) is 14.3 Å². The number of ether oxygens (including phenoxy) is 1. The van der Waals surface area contributed by atoms with E-state index in [2.05, 4.69) is 15.0 Å². The van der Waals surface area contributed by atoms with Gasteiger partial charge in [-0.3, -0.25) is 14.6 Å². The Labute approximate surface area is 112 Å². The number of aliphatic carboxylic acids is 1. The maximum absolute atomic E-state index is 11.1. The van der Waals surface area contributed by atoms with Crippen molar-refractivity contribution in [2.75, 3.05) is 13.2 Å². The number of carbonyl (C=O) groups excluding carboxylic acids is 1. The zero-order valence-corrected chi connectivity index (χ0v) is 11.0. The Morgan fingerprint density at radius 1 is 1.47 bits per heavy atom. The summed E-state index contributed by atoms with van der Waals surface area (Å²) in [5.74, 6) is -0.924. The standard InChI is InChI=1S/C11H22N4O4/c1-8(4-6-19-7-16)15-9(10(17)18)3-2-5-14-11(12)13/h7-9,15H,2-6H2,1H3,(H,17,18)(H4,12,13,14). The number of nitrogens with one attached hydrogen (secondary N) is 1. The number of nitrogens with two attached hydrogens (primary N) is 2. The Kier molecular flexibility index (Phi) is 9.15. The molecule has 0 aromatic heterocycles. The molecule has 0 bridgehead atoms. The Hall–Kier alpha value is -1.83. The van der Waals surface area contributed by atoms with Crippen LogP contribution in [0.1, 0.15) is 26.2 Å². The Morgan fingerprint density at radius 3 is 2.68 bits per heavy atom. The molecular formula is C11H22N4O4. The van der Waals surface area contributed by atoms with E-state index in [0.29, 0.717) is 32.3 Å². The molecule has 8 heteroatoms. The lowest BCUT2D eigenvalue weighted by Gasteiger charge is -2.19. The zero-order chi connectivity index (χ0) is 14.7. The Morgan fingerprint density at radius 2 is 2.16 bits per heavy atom. The minimum absolute atomic E-state index is 0.000728. The van der Waals surface area contributed by atoms with Gasteiger partial charge in [-0.2, -0.15) is 0 Å². The first kappa shape index (κ1) is 17.2. The predicted octanol–water partition coefficient (Wildman–Crippen LogP) is -0.966. The van der Waals surface area contributed by atoms with Crippen LogP contribution in [0.15, 0.2) is 4.99 Å². The maximum Gasteiger partial charge on any atom is 0.320 e. The highest BCUT2D eigenvalue weighted by Gasteiger charge is 2.18. The molecular weight excluding hydrogens is 252 g/mol. The molecule has 110 valence electrons. The number of rotatable bonds is 11. The van der Waals surface area contributed by atoms with Crippen molar-refractivity contribution in [2.45, 2.75) is 38.3 Å². The van der Waals surface area contributed by atoms with Crippen molar-refractivity contribution in [3.05, 3.63) is 0 Å². The van der Waals surface area contributed by atoms with Gasteiger partial charge in [0, 0.05) is 12.6 Å². The summed E-state index contributed by atoms with van der Waals surface area (Å²) in [7, 11) is 0. The van der Waals surface area contributed by atoms with Crippen LogP contribution in [0.5, 0.6) is 0 Å². The number of hydrogen-bond donors (Lipinski definition) is 4. The van der Waals surface area contributed by atoms with Crippen LogP contribution < -0.4 is 16.8 Å². The third-order valence-corrected chi connectivity index (χ3v) is 2.47. The number of carboxylic acid groups (broad SMARTS) is 1. The highest BCUT2D eigenvalue weighted by atomic mass is 16.5. The summed E-state index contributed by atoms with van der Waals surface area (Å²) < 4.78 is 4.56. The van der Waals surface area contributed by atoms with Gasteiger partial charge in [-0.1, -0.05) is 0 Å². The molecule has 0 saturated heterocycles. The van der Waals surface area contributed by atoms with Gasteiger partial charge in [-0.25, -0.2) is 0 Å². The fourth-order valence-corrected chi connectivity index (χ4v) is 1.50. The lowest BCUT2D eigenvalue weighted by Crippen LogP contribution is -2.42. The summed E-state index contributed by atoms with van der Waals surface area (Å²) in [5.41, 5.74) is 10.3. The van der Waals surface area contributed by atoms with E-state index < -0.39 is 12.0 Å². The smallest absolute Gasteiger partial charge is 0.320 e. The second-order valence-electron chi connectivity index (χ2n) is 4.16. The summed E-state index contributed by atoms with van der Waals surface area (Å²) in [5, 5.41) is 12.0. The quantitative estimate of drug-likeness (QED) is 0.164. The molecule has 6 N–H and O–H groups in total. The van der Waals surface area contributed by atoms with Gasteiger partial charge in [0.15, 0.2) is 5.96 Å². The van der Waals surface area contributed by atoms with Crippen molar-refractivity contribution in [2.24, 2.45) is 16.5 Å². The van der Waals surface area contributed by atoms with Gasteiger partial charge in [-0.15, -0.1) is 0 Å². The van der Waals surface area contributed by atoms with Crippen LogP contribution in [0, 0.1) is 0 Å². The SMILES string of the molecule is CC(CCOC=O)NC(CCCN=C(N)N)C(=O)O. The van der Waals surface area contributed by atoms with Crippen molar-refractivity contribution in [3.8, 4) is 0 Å². The molecule has 0 aliphatic rings. The molecule has 0 aromatic carbocycles. The van der Waals surface area contributed by atoms with Crippen LogP contribution in [-0.4, -0.2) is 48.7 Å². The number of aliphatic imine (C=N–C) groups is 1. The lowest BCUT2D eigenvalue weighted by atomic mass is 10.1. The fraction of sp³-hybridized carbons (Fsp3) is 0.727. The molecule has 0 aliphatic heterocycles. The Balaban J connectivity index is 4.00. The zero-order valence-electron chi connectivity index (χ0n) is 11.0. The van der Waals surface area contributed by atoms with Crippen LogP contribution >= 0.6 is 0 Å². The molecule has 0 saturated carbocycles. The molecule has 19 heavy (non-hydrogen) atoms. The van der Waals surface area contributed by atoms with Crippen molar-refractivity contribution >= 4 is 18.4 Å². The van der Waals surface area contributed by atoms with Gasteiger partial charge >= 0.3 is 5.97 Å². The monoisotopic (exact) mass is 274 g/mol. The maximum atomic E-state index is 11.1. The molecule has 0 heterocycles. The average Bonchev–Trinajstić information content (AvgIpc) is 2.32. The number of hydrogen-bond acceptors (Lipinski definition) is 5. The van der Waals surface area contributed by atoms with E-state index >= 15 is 0 Å². The van der Waals surface area contributed by atoms with E-state index in [9.17, 15) is 9.59 Å². The largest absolute Gasteiger partial charge is 0.480 e. The molecule has 0 aromatic rings. The minimum atomic E-state index is -0.923. The molecule has 2 unspecified atom stereocenters. The second-order valence-corrected chi connectivity index (χ2v) is 4.16. The van der Waals surface area contributed by atoms with E-state index in [1.807, 2.05) is 6.92 Å². The van der Waals surface area contributed by atoms with Crippen molar-refractivity contribution in [3.63, 3.8) is 0 Å². The normalized spacial score (nSPS) is 13.3. The van der Waals surface area contributed by atoms with E-state index in [0.717, 1.165) is 0 Å². The van der Waals surface area contributed by atoms with E-state index in [1.165, 1.54) is 0 Å². The minimum Gasteiger partial charge on any atom is -0.480 e. The third-order valence-electron chi connectivity index (χ3n) is 2.47. The fourth-order valence-electron chi connectivity index (χ4n) is 1.50. The van der Waals surface area contributed by atoms with Gasteiger partial charge < -0.3 is 26.6 Å². The van der Waals surface area contributed by atoms with Gasteiger partial charge in [0.25, 0.3) is 6.47 Å². The van der Waals surface area contributed by atoms with Crippen molar-refractivity contribution in [1.82, 2.24) is 5.32 Å². The topological polar surface area (TPSA) is 140 Å². The predicted molar refractivity (Wildman–Crippen MR) is 70.6 cm³/mol. The molecule has 0 radical (unpaired) electrons. The van der Waals surface area contributed by atoms with Gasteiger partial charge in [0.1, 0.15) is 6.04 Å². The second kappa shape index (κ2) is 10.1. The lowest BCUT2D eigenvalue weighted by molar-refractivity contribution is -0.140. The summed E-state index contributed by atoms with van der Waals surface area (Å²) in [6.45, 7) is 2.87. The van der Waals surface area contributed by atoms with Crippen LogP contribution in [0.3, 0.4) is 0 Å². The number of nitrogens with zero attached hydrogens (tertiary/aromatic N) is 1. The van der Waals surface area contributed by atoms with E-state index in [1.54, 1.807) is 0 Å². The summed E-state index contributed by atoms with van der Waals surface area (Å²) in [4.78, 5) is 24.8.